The summed E-state index contributed by atoms with van der Waals surface area (Å²) in [6.45, 7) is 0. The van der Waals surface area contributed by atoms with E-state index in [2.05, 4.69) is 12.2 Å². The molecule has 3 heteroatoms. The highest BCUT2D eigenvalue weighted by Gasteiger charge is 2.23. The zero-order chi connectivity index (χ0) is 12.3. The van der Waals surface area contributed by atoms with E-state index in [1.54, 1.807) is 12.1 Å². The molecule has 0 saturated heterocycles. The average molecular weight is 236 g/mol. The van der Waals surface area contributed by atoms with Crippen molar-refractivity contribution in [3.63, 3.8) is 0 Å². The molecule has 1 aliphatic rings. The van der Waals surface area contributed by atoms with E-state index in [4.69, 9.17) is 4.74 Å². The summed E-state index contributed by atoms with van der Waals surface area (Å²) in [4.78, 5) is 0. The molecule has 0 amide bonds. The number of aliphatic hydroxyl groups excluding tert-OH is 1. The Kier molecular flexibility index (Phi) is 3.79. The maximum Gasteiger partial charge on any atom is 0.132 e. The van der Waals surface area contributed by atoms with Gasteiger partial charge in [-0.05, 0) is 37.3 Å². The number of benzene rings is 1. The van der Waals surface area contributed by atoms with Crippen LogP contribution in [-0.4, -0.2) is 12.2 Å². The fourth-order valence-electron chi connectivity index (χ4n) is 2.23. The molecule has 1 aliphatic carbocycles. The first-order valence-electron chi connectivity index (χ1n) is 5.89. The van der Waals surface area contributed by atoms with Gasteiger partial charge in [-0.25, -0.2) is 4.39 Å². The molecule has 0 aliphatic heterocycles. The Bertz CT molecular complexity index is 415. The summed E-state index contributed by atoms with van der Waals surface area (Å²) in [5.74, 6) is 0.191. The number of methoxy groups -OCH3 is 1. The van der Waals surface area contributed by atoms with Crippen molar-refractivity contribution in [3.8, 4) is 5.75 Å². The maximum atomic E-state index is 13.8. The second-order valence-corrected chi connectivity index (χ2v) is 4.38. The summed E-state index contributed by atoms with van der Waals surface area (Å²) in [6, 6.07) is 4.61. The lowest BCUT2D eigenvalue weighted by Gasteiger charge is -2.24. The Morgan fingerprint density at radius 2 is 2.24 bits per heavy atom. The van der Waals surface area contributed by atoms with Crippen molar-refractivity contribution in [2.75, 3.05) is 7.11 Å². The fourth-order valence-corrected chi connectivity index (χ4v) is 2.23. The third-order valence-electron chi connectivity index (χ3n) is 3.28. The molecule has 17 heavy (non-hydrogen) atoms. The molecular weight excluding hydrogens is 219 g/mol. The van der Waals surface area contributed by atoms with Gasteiger partial charge in [0.1, 0.15) is 11.6 Å². The molecule has 2 unspecified atom stereocenters. The summed E-state index contributed by atoms with van der Waals surface area (Å²) in [6.07, 6.45) is 6.10. The molecule has 0 heterocycles. The van der Waals surface area contributed by atoms with Gasteiger partial charge in [-0.15, -0.1) is 0 Å². The smallest absolute Gasteiger partial charge is 0.132 e. The van der Waals surface area contributed by atoms with E-state index in [-0.39, 0.29) is 5.92 Å². The first kappa shape index (κ1) is 12.1. The lowest BCUT2D eigenvalue weighted by atomic mass is 9.86. The first-order valence-corrected chi connectivity index (χ1v) is 5.89. The van der Waals surface area contributed by atoms with Crippen LogP contribution in [0.3, 0.4) is 0 Å². The van der Waals surface area contributed by atoms with Crippen molar-refractivity contribution in [2.24, 2.45) is 5.92 Å². The Hall–Kier alpha value is -1.35. The second-order valence-electron chi connectivity index (χ2n) is 4.38. The fraction of sp³-hybridized carbons (Fsp3) is 0.429. The summed E-state index contributed by atoms with van der Waals surface area (Å²) in [7, 11) is 1.50. The van der Waals surface area contributed by atoms with Crippen LogP contribution in [0.1, 0.15) is 30.9 Å². The monoisotopic (exact) mass is 236 g/mol. The van der Waals surface area contributed by atoms with Gasteiger partial charge in [0.2, 0.25) is 0 Å². The summed E-state index contributed by atoms with van der Waals surface area (Å²) < 4.78 is 18.7. The van der Waals surface area contributed by atoms with Crippen LogP contribution >= 0.6 is 0 Å². The van der Waals surface area contributed by atoms with Gasteiger partial charge in [-0.1, -0.05) is 12.2 Å². The molecule has 0 saturated carbocycles. The van der Waals surface area contributed by atoms with E-state index in [0.29, 0.717) is 11.3 Å². The minimum Gasteiger partial charge on any atom is -0.497 e. The number of aliphatic hydroxyl groups is 1. The Morgan fingerprint density at radius 1 is 1.41 bits per heavy atom. The highest BCUT2D eigenvalue weighted by Crippen LogP contribution is 2.33. The van der Waals surface area contributed by atoms with Crippen LogP contribution in [0.15, 0.2) is 30.4 Å². The topological polar surface area (TPSA) is 29.5 Å². The van der Waals surface area contributed by atoms with Gasteiger partial charge in [0.15, 0.2) is 0 Å². The summed E-state index contributed by atoms with van der Waals surface area (Å²) in [5, 5.41) is 10.2. The molecule has 2 nitrogen and oxygen atoms in total. The standard InChI is InChI=1S/C14H17FO2/c1-17-11-7-8-12(13(15)9-11)14(16)10-5-3-2-4-6-10/h2-3,7-10,14,16H,4-6H2,1H3. The minimum absolute atomic E-state index is 0.114. The van der Waals surface area contributed by atoms with Gasteiger partial charge in [-0.2, -0.15) is 0 Å². The van der Waals surface area contributed by atoms with Crippen molar-refractivity contribution < 1.29 is 14.2 Å². The van der Waals surface area contributed by atoms with Gasteiger partial charge in [0.25, 0.3) is 0 Å². The lowest BCUT2D eigenvalue weighted by molar-refractivity contribution is 0.0987. The van der Waals surface area contributed by atoms with Gasteiger partial charge in [0, 0.05) is 11.6 Å². The van der Waals surface area contributed by atoms with E-state index < -0.39 is 11.9 Å². The highest BCUT2D eigenvalue weighted by molar-refractivity contribution is 5.30. The van der Waals surface area contributed by atoms with Crippen LogP contribution in [0.5, 0.6) is 5.75 Å². The molecule has 92 valence electrons. The number of rotatable bonds is 3. The second kappa shape index (κ2) is 5.32. The molecule has 1 aromatic carbocycles. The molecule has 0 fully saturated rings. The highest BCUT2D eigenvalue weighted by atomic mass is 19.1. The van der Waals surface area contributed by atoms with Crippen molar-refractivity contribution in [2.45, 2.75) is 25.4 Å². The third-order valence-corrected chi connectivity index (χ3v) is 3.28. The molecule has 0 aromatic heterocycles. The van der Waals surface area contributed by atoms with Crippen LogP contribution in [0, 0.1) is 11.7 Å². The molecule has 0 spiro atoms. The van der Waals surface area contributed by atoms with Crippen LogP contribution in [0.4, 0.5) is 4.39 Å². The predicted octanol–water partition coefficient (Wildman–Crippen LogP) is 3.22. The molecule has 2 rings (SSSR count). The average Bonchev–Trinajstić information content (AvgIpc) is 2.39. The largest absolute Gasteiger partial charge is 0.497 e. The maximum absolute atomic E-state index is 13.8. The molecule has 1 N–H and O–H groups in total. The normalized spacial score (nSPS) is 21.2. The Labute approximate surface area is 101 Å². The Balaban J connectivity index is 2.18. The summed E-state index contributed by atoms with van der Waals surface area (Å²) in [5.41, 5.74) is 0.367. The van der Waals surface area contributed by atoms with E-state index in [9.17, 15) is 9.50 Å². The molecule has 1 aromatic rings. The number of hydrogen-bond donors (Lipinski definition) is 1. The van der Waals surface area contributed by atoms with Gasteiger partial charge >= 0.3 is 0 Å². The number of halogens is 1. The van der Waals surface area contributed by atoms with E-state index in [1.807, 2.05) is 0 Å². The van der Waals surface area contributed by atoms with E-state index in [0.717, 1.165) is 19.3 Å². The van der Waals surface area contributed by atoms with Crippen LogP contribution in [-0.2, 0) is 0 Å². The third kappa shape index (κ3) is 2.67. The number of allylic oxidation sites excluding steroid dienone is 2. The predicted molar refractivity (Wildman–Crippen MR) is 64.4 cm³/mol. The van der Waals surface area contributed by atoms with Crippen LogP contribution in [0.2, 0.25) is 0 Å². The SMILES string of the molecule is COc1ccc(C(O)C2CC=CCC2)c(F)c1. The van der Waals surface area contributed by atoms with Crippen molar-refractivity contribution in [3.05, 3.63) is 41.7 Å². The number of hydrogen-bond acceptors (Lipinski definition) is 2. The number of ether oxygens (including phenoxy) is 1. The van der Waals surface area contributed by atoms with Crippen LogP contribution in [0.25, 0.3) is 0 Å². The van der Waals surface area contributed by atoms with Crippen LogP contribution < -0.4 is 4.74 Å². The summed E-state index contributed by atoms with van der Waals surface area (Å²) >= 11 is 0. The van der Waals surface area contributed by atoms with Gasteiger partial charge in [-0.3, -0.25) is 0 Å². The van der Waals surface area contributed by atoms with Gasteiger partial charge < -0.3 is 9.84 Å². The molecule has 0 radical (unpaired) electrons. The first-order chi connectivity index (χ1) is 8.22. The molecule has 2 atom stereocenters. The van der Waals surface area contributed by atoms with Crippen molar-refractivity contribution >= 4 is 0 Å². The van der Waals surface area contributed by atoms with E-state index in [1.165, 1.54) is 13.2 Å². The van der Waals surface area contributed by atoms with Crippen molar-refractivity contribution in [1.29, 1.82) is 0 Å². The van der Waals surface area contributed by atoms with E-state index >= 15 is 0 Å². The van der Waals surface area contributed by atoms with Crippen molar-refractivity contribution in [1.82, 2.24) is 0 Å². The van der Waals surface area contributed by atoms with Gasteiger partial charge in [0.05, 0.1) is 13.2 Å². The Morgan fingerprint density at radius 3 is 2.82 bits per heavy atom. The molecular formula is C14H17FO2. The minimum atomic E-state index is -0.731. The quantitative estimate of drug-likeness (QED) is 0.816. The zero-order valence-corrected chi connectivity index (χ0v) is 9.90. The lowest BCUT2D eigenvalue weighted by Crippen LogP contribution is -2.15. The zero-order valence-electron chi connectivity index (χ0n) is 9.90. The molecule has 0 bridgehead atoms.